The Balaban J connectivity index is 2.43. The third kappa shape index (κ3) is 3.50. The topological polar surface area (TPSA) is 163 Å². The molecule has 1 aliphatic heterocycles. The van der Waals surface area contributed by atoms with E-state index < -0.39 is 48.6 Å². The van der Waals surface area contributed by atoms with E-state index in [9.17, 15) is 30.0 Å². The predicted molar refractivity (Wildman–Crippen MR) is 83.4 cm³/mol. The zero-order chi connectivity index (χ0) is 18.9. The van der Waals surface area contributed by atoms with Crippen LogP contribution < -0.4 is 15.6 Å². The van der Waals surface area contributed by atoms with Crippen LogP contribution in [0, 0.1) is 0 Å². The highest BCUT2D eigenvalue weighted by molar-refractivity contribution is 5.98. The van der Waals surface area contributed by atoms with Gasteiger partial charge < -0.3 is 35.2 Å². The number of methoxy groups -OCH3 is 1. The molecular weight excluding hydrogens is 338 g/mol. The Hall–Kier alpha value is -2.05. The number of ketones is 1. The Morgan fingerprint density at radius 2 is 1.96 bits per heavy atom. The van der Waals surface area contributed by atoms with Gasteiger partial charge in [-0.1, -0.05) is 0 Å². The van der Waals surface area contributed by atoms with Crippen LogP contribution in [0.3, 0.4) is 0 Å². The van der Waals surface area contributed by atoms with Gasteiger partial charge in [0.05, 0.1) is 13.7 Å². The molecule has 0 unspecified atom stereocenters. The van der Waals surface area contributed by atoms with E-state index >= 15 is 0 Å². The van der Waals surface area contributed by atoms with E-state index in [2.05, 4.69) is 10.3 Å². The number of aliphatic hydroxyl groups is 4. The highest BCUT2D eigenvalue weighted by Crippen LogP contribution is 2.24. The van der Waals surface area contributed by atoms with E-state index in [4.69, 9.17) is 9.47 Å². The molecule has 5 atom stereocenters. The lowest BCUT2D eigenvalue weighted by Crippen LogP contribution is -2.60. The van der Waals surface area contributed by atoms with Gasteiger partial charge in [-0.15, -0.1) is 0 Å². The average Bonchev–Trinajstić information content (AvgIpc) is 2.57. The summed E-state index contributed by atoms with van der Waals surface area (Å²) in [7, 11) is 2.66. The number of carbonyl (C=O) groups excluding carboxylic acids is 1. The van der Waals surface area contributed by atoms with E-state index in [1.54, 1.807) is 0 Å². The number of nitrogens with one attached hydrogen (secondary N) is 1. The summed E-state index contributed by atoms with van der Waals surface area (Å²) in [4.78, 5) is 28.2. The van der Waals surface area contributed by atoms with Crippen molar-refractivity contribution in [2.24, 2.45) is 7.05 Å². The SMILES string of the molecule is COc1nc(N[C@@H]2O[C@H](CO)[C@@H](O)[C@H](O)[C@H]2O)c(C(C)=O)c(=O)n1C. The summed E-state index contributed by atoms with van der Waals surface area (Å²) >= 11 is 0. The standard InChI is InChI=1S/C14H21N3O8/c1-5(19)7-11(16-14(24-3)17(2)13(7)23)15-12-10(22)9(21)8(20)6(4-18)25-12/h6,8-10,12,15,18,20-22H,4H2,1-3H3/t6-,8-,9+,10-,12-/m1/s1. The van der Waals surface area contributed by atoms with Gasteiger partial charge in [0.15, 0.2) is 12.0 Å². The van der Waals surface area contributed by atoms with E-state index in [0.717, 1.165) is 4.57 Å². The summed E-state index contributed by atoms with van der Waals surface area (Å²) in [6.45, 7) is 0.555. The van der Waals surface area contributed by atoms with Gasteiger partial charge >= 0.3 is 6.01 Å². The van der Waals surface area contributed by atoms with Gasteiger partial charge in [0, 0.05) is 7.05 Å². The zero-order valence-electron chi connectivity index (χ0n) is 13.9. The largest absolute Gasteiger partial charge is 0.468 e. The average molecular weight is 359 g/mol. The number of hydrogen-bond donors (Lipinski definition) is 5. The molecule has 2 heterocycles. The van der Waals surface area contributed by atoms with Crippen LogP contribution in [-0.4, -0.2) is 80.1 Å². The molecule has 11 nitrogen and oxygen atoms in total. The molecule has 1 aromatic heterocycles. The van der Waals surface area contributed by atoms with Crippen molar-refractivity contribution in [2.45, 2.75) is 37.6 Å². The molecule has 140 valence electrons. The van der Waals surface area contributed by atoms with Crippen molar-refractivity contribution in [3.63, 3.8) is 0 Å². The lowest BCUT2D eigenvalue weighted by molar-refractivity contribution is -0.221. The number of nitrogens with zero attached hydrogens (tertiary/aromatic N) is 2. The number of hydrogen-bond acceptors (Lipinski definition) is 10. The lowest BCUT2D eigenvalue weighted by atomic mass is 9.98. The molecule has 1 aliphatic rings. The first-order valence-corrected chi connectivity index (χ1v) is 7.45. The van der Waals surface area contributed by atoms with Crippen LogP contribution in [0.5, 0.6) is 6.01 Å². The molecule has 25 heavy (non-hydrogen) atoms. The van der Waals surface area contributed by atoms with Crippen molar-refractivity contribution in [3.05, 3.63) is 15.9 Å². The second-order valence-electron chi connectivity index (χ2n) is 5.64. The molecule has 0 saturated carbocycles. The van der Waals surface area contributed by atoms with E-state index in [0.29, 0.717) is 0 Å². The van der Waals surface area contributed by atoms with E-state index in [-0.39, 0.29) is 17.4 Å². The minimum Gasteiger partial charge on any atom is -0.468 e. The second-order valence-corrected chi connectivity index (χ2v) is 5.64. The number of carbonyl (C=O) groups is 1. The normalized spacial score (nSPS) is 29.3. The van der Waals surface area contributed by atoms with Gasteiger partial charge in [-0.2, -0.15) is 4.98 Å². The first-order valence-electron chi connectivity index (χ1n) is 7.45. The first-order chi connectivity index (χ1) is 11.7. The van der Waals surface area contributed by atoms with E-state index in [1.165, 1.54) is 21.1 Å². The molecule has 1 aromatic rings. The van der Waals surface area contributed by atoms with Crippen LogP contribution in [0.1, 0.15) is 17.3 Å². The number of aromatic nitrogens is 2. The molecular formula is C14H21N3O8. The first kappa shape index (κ1) is 19.3. The minimum absolute atomic E-state index is 0.0953. The lowest BCUT2D eigenvalue weighted by Gasteiger charge is -2.40. The Kier molecular flexibility index (Phi) is 5.75. The zero-order valence-corrected chi connectivity index (χ0v) is 13.9. The fourth-order valence-electron chi connectivity index (χ4n) is 2.54. The maximum absolute atomic E-state index is 12.3. The predicted octanol–water partition coefficient (Wildman–Crippen LogP) is -2.80. The molecule has 0 amide bonds. The second kappa shape index (κ2) is 7.45. The van der Waals surface area contributed by atoms with Gasteiger partial charge in [-0.25, -0.2) is 0 Å². The number of Topliss-reactive ketones (excluding diaryl/α,β-unsaturated/α-hetero) is 1. The third-order valence-corrected chi connectivity index (χ3v) is 3.96. The Bertz CT molecular complexity index is 704. The van der Waals surface area contributed by atoms with Crippen LogP contribution in [0.15, 0.2) is 4.79 Å². The van der Waals surface area contributed by atoms with Crippen LogP contribution in [0.25, 0.3) is 0 Å². The number of aliphatic hydroxyl groups excluding tert-OH is 4. The molecule has 0 aliphatic carbocycles. The summed E-state index contributed by atoms with van der Waals surface area (Å²) in [6, 6.07) is -0.0953. The Labute approximate surface area is 142 Å². The van der Waals surface area contributed by atoms with Gasteiger partial charge in [-0.3, -0.25) is 14.2 Å². The number of rotatable bonds is 5. The molecule has 5 N–H and O–H groups in total. The van der Waals surface area contributed by atoms with Gasteiger partial charge in [0.25, 0.3) is 5.56 Å². The van der Waals surface area contributed by atoms with Gasteiger partial charge in [-0.05, 0) is 6.92 Å². The highest BCUT2D eigenvalue weighted by atomic mass is 16.6. The number of anilines is 1. The van der Waals surface area contributed by atoms with Gasteiger partial charge in [0.2, 0.25) is 0 Å². The molecule has 0 aromatic carbocycles. The smallest absolute Gasteiger partial charge is 0.300 e. The maximum atomic E-state index is 12.3. The number of ether oxygens (including phenoxy) is 2. The van der Waals surface area contributed by atoms with Crippen molar-refractivity contribution >= 4 is 11.6 Å². The molecule has 1 saturated heterocycles. The summed E-state index contributed by atoms with van der Waals surface area (Å²) in [5.41, 5.74) is -0.966. The Morgan fingerprint density at radius 3 is 2.48 bits per heavy atom. The molecule has 1 fully saturated rings. The minimum atomic E-state index is -1.61. The highest BCUT2D eigenvalue weighted by Gasteiger charge is 2.44. The van der Waals surface area contributed by atoms with Crippen molar-refractivity contribution in [3.8, 4) is 6.01 Å². The van der Waals surface area contributed by atoms with Crippen molar-refractivity contribution in [1.29, 1.82) is 0 Å². The van der Waals surface area contributed by atoms with Crippen LogP contribution in [0.2, 0.25) is 0 Å². The molecule has 0 bridgehead atoms. The molecule has 2 rings (SSSR count). The summed E-state index contributed by atoms with van der Waals surface area (Å²) in [5.74, 6) is -0.792. The third-order valence-electron chi connectivity index (χ3n) is 3.96. The van der Waals surface area contributed by atoms with Crippen LogP contribution in [0.4, 0.5) is 5.82 Å². The van der Waals surface area contributed by atoms with Crippen molar-refractivity contribution in [1.82, 2.24) is 9.55 Å². The Morgan fingerprint density at radius 1 is 1.32 bits per heavy atom. The van der Waals surface area contributed by atoms with Crippen LogP contribution >= 0.6 is 0 Å². The van der Waals surface area contributed by atoms with Crippen molar-refractivity contribution in [2.75, 3.05) is 19.0 Å². The van der Waals surface area contributed by atoms with Crippen molar-refractivity contribution < 1.29 is 34.7 Å². The molecule has 0 radical (unpaired) electrons. The summed E-state index contributed by atoms with van der Waals surface area (Å²) < 4.78 is 11.3. The van der Waals surface area contributed by atoms with Gasteiger partial charge in [0.1, 0.15) is 35.8 Å². The van der Waals surface area contributed by atoms with Crippen LogP contribution in [-0.2, 0) is 11.8 Å². The quantitative estimate of drug-likeness (QED) is 0.347. The fourth-order valence-corrected chi connectivity index (χ4v) is 2.54. The van der Waals surface area contributed by atoms with E-state index in [1.807, 2.05) is 0 Å². The fraction of sp³-hybridized carbons (Fsp3) is 0.643. The summed E-state index contributed by atoms with van der Waals surface area (Å²) in [6.07, 6.45) is -7.23. The molecule has 0 spiro atoms. The maximum Gasteiger partial charge on any atom is 0.300 e. The molecule has 11 heteroatoms. The monoisotopic (exact) mass is 359 g/mol. The summed E-state index contributed by atoms with van der Waals surface area (Å²) in [5, 5.41) is 41.4.